The first kappa shape index (κ1) is 20.6. The number of nitrogen functional groups attached to an aromatic ring is 1. The highest BCUT2D eigenvalue weighted by molar-refractivity contribution is 5.89. The third-order valence-electron chi connectivity index (χ3n) is 5.38. The summed E-state index contributed by atoms with van der Waals surface area (Å²) >= 11 is 0. The zero-order valence-corrected chi connectivity index (χ0v) is 16.6. The Labute approximate surface area is 179 Å². The molecule has 2 N–H and O–H groups in total. The lowest BCUT2D eigenvalue weighted by atomic mass is 10.1. The van der Waals surface area contributed by atoms with E-state index in [1.165, 1.54) is 11.0 Å². The number of hydrogen-bond acceptors (Lipinski definition) is 10. The van der Waals surface area contributed by atoms with Gasteiger partial charge < -0.3 is 24.8 Å². The van der Waals surface area contributed by atoms with E-state index < -0.39 is 36.1 Å². The van der Waals surface area contributed by atoms with Gasteiger partial charge in [0.2, 0.25) is 11.9 Å². The number of alkyl halides is 3. The lowest BCUT2D eigenvalue weighted by molar-refractivity contribution is -0.140. The molecule has 0 aliphatic carbocycles. The highest BCUT2D eigenvalue weighted by Crippen LogP contribution is 2.37. The van der Waals surface area contributed by atoms with Crippen LogP contribution in [0.15, 0.2) is 12.3 Å². The van der Waals surface area contributed by atoms with E-state index in [9.17, 15) is 18.0 Å². The van der Waals surface area contributed by atoms with Crippen LogP contribution < -0.4 is 15.5 Å². The molecule has 11 nitrogen and oxygen atoms in total. The molecule has 170 valence electrons. The maximum absolute atomic E-state index is 13.7. The van der Waals surface area contributed by atoms with Gasteiger partial charge in [0.1, 0.15) is 11.9 Å². The molecule has 3 aliphatic rings. The average molecular weight is 453 g/mol. The van der Waals surface area contributed by atoms with Crippen molar-refractivity contribution in [2.45, 2.75) is 18.3 Å². The van der Waals surface area contributed by atoms with Crippen LogP contribution in [0.4, 0.5) is 35.7 Å². The number of ether oxygens (including phenoxy) is 3. The van der Waals surface area contributed by atoms with E-state index in [4.69, 9.17) is 19.9 Å². The summed E-state index contributed by atoms with van der Waals surface area (Å²) in [5, 5.41) is 0. The molecule has 2 atom stereocenters. The summed E-state index contributed by atoms with van der Waals surface area (Å²) in [5.41, 5.74) is 3.69. The molecule has 0 saturated carbocycles. The van der Waals surface area contributed by atoms with Crippen LogP contribution in [-0.2, 0) is 20.4 Å². The predicted octanol–water partition coefficient (Wildman–Crippen LogP) is 1.10. The van der Waals surface area contributed by atoms with E-state index in [-0.39, 0.29) is 30.4 Å². The Morgan fingerprint density at radius 3 is 2.62 bits per heavy atom. The first-order valence-electron chi connectivity index (χ1n) is 9.81. The number of amides is 1. The summed E-state index contributed by atoms with van der Waals surface area (Å²) < 4.78 is 57.1. The van der Waals surface area contributed by atoms with Crippen molar-refractivity contribution in [3.8, 4) is 11.3 Å². The third kappa shape index (κ3) is 3.64. The molecular formula is C18H18F3N7O4. The number of carbonyl (C=O) groups excluding carboxylic acids is 1. The number of nitrogens with zero attached hydrogens (tertiary/aromatic N) is 6. The van der Waals surface area contributed by atoms with Crippen LogP contribution in [0.3, 0.4) is 0 Å². The number of aromatic nitrogens is 4. The first-order valence-corrected chi connectivity index (χ1v) is 9.81. The van der Waals surface area contributed by atoms with Crippen molar-refractivity contribution >= 4 is 23.8 Å². The standard InChI is InChI=1S/C18H18F3N7O4/c19-18(20,21)14-9(6-23-15(22)26-14)10-5-13(27-1-3-30-4-2-27)25-16(24-10)28-11-7-31-8-12(11)32-17(28)29/h5-6,11-12H,1-4,7-8H2,(H2,22,23,26)/t11-,12+/m0/s1. The quantitative estimate of drug-likeness (QED) is 0.721. The monoisotopic (exact) mass is 453 g/mol. The summed E-state index contributed by atoms with van der Waals surface area (Å²) in [6.07, 6.45) is -5.01. The Morgan fingerprint density at radius 2 is 1.88 bits per heavy atom. The van der Waals surface area contributed by atoms with Crippen molar-refractivity contribution in [2.24, 2.45) is 0 Å². The maximum Gasteiger partial charge on any atom is 0.434 e. The van der Waals surface area contributed by atoms with Gasteiger partial charge in [-0.25, -0.2) is 24.6 Å². The van der Waals surface area contributed by atoms with E-state index in [1.54, 1.807) is 0 Å². The normalized spacial score (nSPS) is 23.4. The van der Waals surface area contributed by atoms with Crippen molar-refractivity contribution in [1.82, 2.24) is 19.9 Å². The van der Waals surface area contributed by atoms with Crippen LogP contribution in [0, 0.1) is 0 Å². The zero-order valence-electron chi connectivity index (χ0n) is 16.6. The van der Waals surface area contributed by atoms with Crippen LogP contribution in [0.1, 0.15) is 5.69 Å². The second-order valence-corrected chi connectivity index (χ2v) is 7.40. The van der Waals surface area contributed by atoms with Crippen LogP contribution in [0.25, 0.3) is 11.3 Å². The Bertz CT molecular complexity index is 1050. The average Bonchev–Trinajstić information content (AvgIpc) is 3.33. The molecule has 0 unspecified atom stereocenters. The molecule has 0 aromatic carbocycles. The van der Waals surface area contributed by atoms with Crippen LogP contribution >= 0.6 is 0 Å². The molecular weight excluding hydrogens is 435 g/mol. The molecule has 0 spiro atoms. The number of anilines is 3. The Hall–Kier alpha value is -3.26. The minimum atomic E-state index is -4.80. The smallest absolute Gasteiger partial charge is 0.434 e. The molecule has 0 bridgehead atoms. The molecule has 5 heterocycles. The molecule has 3 saturated heterocycles. The van der Waals surface area contributed by atoms with Gasteiger partial charge in [0.15, 0.2) is 11.8 Å². The van der Waals surface area contributed by atoms with E-state index in [0.29, 0.717) is 32.1 Å². The molecule has 14 heteroatoms. The van der Waals surface area contributed by atoms with Crippen LogP contribution in [-0.4, -0.2) is 77.7 Å². The number of carbonyl (C=O) groups is 1. The van der Waals surface area contributed by atoms with E-state index in [1.807, 2.05) is 4.90 Å². The van der Waals surface area contributed by atoms with E-state index in [2.05, 4.69) is 19.9 Å². The van der Waals surface area contributed by atoms with Crippen molar-refractivity contribution in [3.05, 3.63) is 18.0 Å². The van der Waals surface area contributed by atoms with Crippen molar-refractivity contribution in [2.75, 3.05) is 55.1 Å². The second kappa shape index (κ2) is 7.70. The summed E-state index contributed by atoms with van der Waals surface area (Å²) in [5.74, 6) is -0.261. The van der Waals surface area contributed by atoms with Gasteiger partial charge in [0.05, 0.1) is 32.1 Å². The molecule has 2 aromatic heterocycles. The molecule has 2 aromatic rings. The fraction of sp³-hybridized carbons (Fsp3) is 0.500. The Balaban J connectivity index is 1.65. The van der Waals surface area contributed by atoms with Crippen molar-refractivity contribution in [1.29, 1.82) is 0 Å². The molecule has 32 heavy (non-hydrogen) atoms. The van der Waals surface area contributed by atoms with Gasteiger partial charge >= 0.3 is 12.3 Å². The number of fused-ring (bicyclic) bond motifs is 1. The van der Waals surface area contributed by atoms with Crippen molar-refractivity contribution in [3.63, 3.8) is 0 Å². The van der Waals surface area contributed by atoms with Gasteiger partial charge in [0.25, 0.3) is 0 Å². The third-order valence-corrected chi connectivity index (χ3v) is 5.38. The first-order chi connectivity index (χ1) is 15.3. The molecule has 5 rings (SSSR count). The summed E-state index contributed by atoms with van der Waals surface area (Å²) in [6.45, 7) is 2.23. The number of hydrogen-bond donors (Lipinski definition) is 1. The summed E-state index contributed by atoms with van der Waals surface area (Å²) in [7, 11) is 0. The number of nitrogens with two attached hydrogens (primary N) is 1. The highest BCUT2D eigenvalue weighted by atomic mass is 19.4. The zero-order chi connectivity index (χ0) is 22.5. The SMILES string of the molecule is Nc1ncc(-c2cc(N3CCOCC3)nc(N3C(=O)O[C@@H]4COC[C@@H]43)n2)c(C(F)(F)F)n1. The number of rotatable bonds is 3. The molecule has 3 aliphatic heterocycles. The van der Waals surface area contributed by atoms with Gasteiger partial charge in [-0.05, 0) is 0 Å². The number of halogens is 3. The fourth-order valence-corrected chi connectivity index (χ4v) is 3.85. The van der Waals surface area contributed by atoms with Gasteiger partial charge in [-0.1, -0.05) is 0 Å². The van der Waals surface area contributed by atoms with Crippen molar-refractivity contribution < 1.29 is 32.2 Å². The summed E-state index contributed by atoms with van der Waals surface area (Å²) in [4.78, 5) is 31.4. The Morgan fingerprint density at radius 1 is 1.09 bits per heavy atom. The predicted molar refractivity (Wildman–Crippen MR) is 103 cm³/mol. The fourth-order valence-electron chi connectivity index (χ4n) is 3.85. The van der Waals surface area contributed by atoms with Gasteiger partial charge in [0, 0.05) is 30.9 Å². The lowest BCUT2D eigenvalue weighted by Crippen LogP contribution is -2.39. The van der Waals surface area contributed by atoms with Crippen LogP contribution in [0.2, 0.25) is 0 Å². The topological polar surface area (TPSA) is 129 Å². The second-order valence-electron chi connectivity index (χ2n) is 7.40. The highest BCUT2D eigenvalue weighted by Gasteiger charge is 2.48. The van der Waals surface area contributed by atoms with E-state index >= 15 is 0 Å². The lowest BCUT2D eigenvalue weighted by Gasteiger charge is -2.29. The van der Waals surface area contributed by atoms with Gasteiger partial charge in [-0.15, -0.1) is 0 Å². The summed E-state index contributed by atoms with van der Waals surface area (Å²) in [6, 6.07) is 0.934. The molecule has 3 fully saturated rings. The molecule has 1 amide bonds. The van der Waals surface area contributed by atoms with E-state index in [0.717, 1.165) is 6.20 Å². The van der Waals surface area contributed by atoms with Gasteiger partial charge in [-0.2, -0.15) is 18.2 Å². The maximum atomic E-state index is 13.7. The van der Waals surface area contributed by atoms with Gasteiger partial charge in [-0.3, -0.25) is 0 Å². The van der Waals surface area contributed by atoms with Crippen LogP contribution in [0.5, 0.6) is 0 Å². The Kier molecular flexibility index (Phi) is 4.97. The largest absolute Gasteiger partial charge is 0.441 e. The minimum absolute atomic E-state index is 0.0862. The molecule has 0 radical (unpaired) electrons. The minimum Gasteiger partial charge on any atom is -0.441 e. The number of morpholine rings is 1.